The zero-order chi connectivity index (χ0) is 5.41. The molecule has 3 heteroatoms. The maximum absolute atomic E-state index is 4.25. The molecule has 0 spiro atoms. The molecule has 0 aromatic heterocycles. The van der Waals surface area contributed by atoms with Crippen molar-refractivity contribution in [2.24, 2.45) is 0 Å². The van der Waals surface area contributed by atoms with Crippen LogP contribution < -0.4 is 0 Å². The van der Waals surface area contributed by atoms with Gasteiger partial charge in [-0.05, 0) is 0 Å². The van der Waals surface area contributed by atoms with Crippen molar-refractivity contribution in [3.05, 3.63) is 0 Å². The molecule has 0 fully saturated rings. The minimum absolute atomic E-state index is 0. The average molecular weight is 156 g/mol. The second-order valence-electron chi connectivity index (χ2n) is 0.816. The molecule has 0 amide bonds. The van der Waals surface area contributed by atoms with Gasteiger partial charge in [0.1, 0.15) is 0 Å². The molecule has 0 radical (unpaired) electrons. The van der Waals surface area contributed by atoms with Gasteiger partial charge in [-0.1, -0.05) is 0 Å². The molecule has 0 aromatic rings. The maximum Gasteiger partial charge on any atom is 1.00 e. The molecule has 2 nitrogen and oxygen atoms in total. The van der Waals surface area contributed by atoms with Gasteiger partial charge in [0.2, 0.25) is 0 Å². The van der Waals surface area contributed by atoms with Crippen molar-refractivity contribution in [3.63, 3.8) is 0 Å². The monoisotopic (exact) mass is 155 g/mol. The van der Waals surface area contributed by atoms with E-state index >= 15 is 0 Å². The smallest absolute Gasteiger partial charge is 0.388 e. The van der Waals surface area contributed by atoms with Crippen LogP contribution in [-0.2, 0) is 26.5 Å². The van der Waals surface area contributed by atoms with E-state index in [9.17, 15) is 0 Å². The Hall–Kier alpha value is 0.439. The van der Waals surface area contributed by atoms with Crippen LogP contribution in [0.1, 0.15) is 0 Å². The van der Waals surface area contributed by atoms with E-state index in [1.807, 2.05) is 0 Å². The van der Waals surface area contributed by atoms with Gasteiger partial charge in [-0.2, -0.15) is 0 Å². The molecule has 0 aromatic carbocycles. The fraction of sp³-hybridized carbons (Fsp3) is 1.00. The number of hydrogen-bond donors (Lipinski definition) is 0. The number of methoxy groups -OCH3 is 2. The van der Waals surface area contributed by atoms with Crippen LogP contribution in [0.5, 0.6) is 0 Å². The quantitative estimate of drug-likeness (QED) is 0.475. The summed E-state index contributed by atoms with van der Waals surface area (Å²) in [5, 5.41) is 0. The van der Waals surface area contributed by atoms with Crippen LogP contribution in [0.2, 0.25) is 0 Å². The average Bonchev–Trinajstić information content (AvgIpc) is 1.39. The predicted octanol–water partition coefficient (Wildman–Crippen LogP) is 0.523. The molecule has 0 N–H and O–H groups in total. The Balaban J connectivity index is -0.0000000400. The summed E-state index contributed by atoms with van der Waals surface area (Å²) in [5.41, 5.74) is 0. The number of hydrogen-bond acceptors (Lipinski definition) is 2. The van der Waals surface area contributed by atoms with E-state index in [0.29, 0.717) is 0 Å². The molecule has 0 aliphatic carbocycles. The molecule has 0 saturated heterocycles. The Bertz CT molecular complexity index is 11.7. The second kappa shape index (κ2) is 32.0. The number of ether oxygens (including phenoxy) is 2. The van der Waals surface area contributed by atoms with Crippen LogP contribution in [0.3, 0.4) is 0 Å². The Kier molecular flexibility index (Phi) is 71.6. The minimum atomic E-state index is 0. The molecule has 0 heterocycles. The summed E-state index contributed by atoms with van der Waals surface area (Å²) < 4.78 is 8.50. The summed E-state index contributed by atoms with van der Waals surface area (Å²) >= 11 is 0. The molecule has 0 aliphatic heterocycles. The van der Waals surface area contributed by atoms with Crippen LogP contribution in [0.25, 0.3) is 0 Å². The zero-order valence-electron chi connectivity index (χ0n) is 5.12. The van der Waals surface area contributed by atoms with Crippen molar-refractivity contribution in [1.82, 2.24) is 0 Å². The van der Waals surface area contributed by atoms with Crippen LogP contribution in [0.4, 0.5) is 0 Å². The minimum Gasteiger partial charge on any atom is -0.388 e. The van der Waals surface area contributed by atoms with Gasteiger partial charge < -0.3 is 9.47 Å². The van der Waals surface area contributed by atoms with Gasteiger partial charge in [-0.25, -0.2) is 0 Å². The molecular formula is C4H12CuO2+. The van der Waals surface area contributed by atoms with E-state index in [4.69, 9.17) is 0 Å². The normalized spacial score (nSPS) is 5.14. The summed E-state index contributed by atoms with van der Waals surface area (Å²) in [6.45, 7) is 0. The maximum atomic E-state index is 4.25. The predicted molar refractivity (Wildman–Crippen MR) is 25.9 cm³/mol. The van der Waals surface area contributed by atoms with Gasteiger partial charge in [-0.3, -0.25) is 0 Å². The van der Waals surface area contributed by atoms with Gasteiger partial charge in [-0.15, -0.1) is 0 Å². The first kappa shape index (κ1) is 15.7. The zero-order valence-corrected chi connectivity index (χ0v) is 6.06. The van der Waals surface area contributed by atoms with Crippen molar-refractivity contribution in [2.45, 2.75) is 0 Å². The van der Waals surface area contributed by atoms with Crippen LogP contribution in [0, 0.1) is 0 Å². The fourth-order valence-electron chi connectivity index (χ4n) is 0. The Morgan fingerprint density at radius 2 is 0.714 bits per heavy atom. The summed E-state index contributed by atoms with van der Waals surface area (Å²) in [7, 11) is 6.50. The largest absolute Gasteiger partial charge is 1.00 e. The first-order chi connectivity index (χ1) is 2.83. The van der Waals surface area contributed by atoms with Crippen LogP contribution in [0.15, 0.2) is 0 Å². The van der Waals surface area contributed by atoms with E-state index < -0.39 is 0 Å². The van der Waals surface area contributed by atoms with Crippen molar-refractivity contribution in [2.75, 3.05) is 28.4 Å². The standard InChI is InChI=1S/2C2H6O.Cu/c2*1-3-2;/h2*1-2H3;/q;;+1. The Morgan fingerprint density at radius 3 is 0.714 bits per heavy atom. The van der Waals surface area contributed by atoms with Crippen LogP contribution >= 0.6 is 0 Å². The van der Waals surface area contributed by atoms with Gasteiger partial charge in [0.25, 0.3) is 0 Å². The summed E-state index contributed by atoms with van der Waals surface area (Å²) in [4.78, 5) is 0. The van der Waals surface area contributed by atoms with E-state index in [2.05, 4.69) is 9.47 Å². The third kappa shape index (κ3) is 657. The SMILES string of the molecule is COC.COC.[Cu+]. The molecule has 7 heavy (non-hydrogen) atoms. The second-order valence-corrected chi connectivity index (χ2v) is 0.816. The van der Waals surface area contributed by atoms with Gasteiger partial charge in [0.05, 0.1) is 0 Å². The van der Waals surface area contributed by atoms with Crippen LogP contribution in [-0.4, -0.2) is 28.4 Å². The summed E-state index contributed by atoms with van der Waals surface area (Å²) in [6, 6.07) is 0. The third-order valence-corrected chi connectivity index (χ3v) is 0. The Morgan fingerprint density at radius 1 is 0.714 bits per heavy atom. The van der Waals surface area contributed by atoms with Crippen molar-refractivity contribution >= 4 is 0 Å². The first-order valence-electron chi connectivity index (χ1n) is 1.63. The molecule has 0 rings (SSSR count). The molecule has 0 atom stereocenters. The molecule has 0 unspecified atom stereocenters. The van der Waals surface area contributed by atoms with Gasteiger partial charge in [0.15, 0.2) is 0 Å². The van der Waals surface area contributed by atoms with E-state index in [-0.39, 0.29) is 17.1 Å². The van der Waals surface area contributed by atoms with Gasteiger partial charge >= 0.3 is 17.1 Å². The van der Waals surface area contributed by atoms with E-state index in [1.165, 1.54) is 0 Å². The molecule has 0 aliphatic rings. The number of rotatable bonds is 0. The Labute approximate surface area is 55.7 Å². The fourth-order valence-corrected chi connectivity index (χ4v) is 0. The van der Waals surface area contributed by atoms with E-state index in [0.717, 1.165) is 0 Å². The summed E-state index contributed by atoms with van der Waals surface area (Å²) in [5.74, 6) is 0. The van der Waals surface area contributed by atoms with Crippen molar-refractivity contribution in [1.29, 1.82) is 0 Å². The third-order valence-electron chi connectivity index (χ3n) is 0. The first-order valence-corrected chi connectivity index (χ1v) is 1.63. The summed E-state index contributed by atoms with van der Waals surface area (Å²) in [6.07, 6.45) is 0. The molecule has 0 saturated carbocycles. The van der Waals surface area contributed by atoms with E-state index in [1.54, 1.807) is 28.4 Å². The molecular weight excluding hydrogens is 144 g/mol. The topological polar surface area (TPSA) is 18.5 Å². The van der Waals surface area contributed by atoms with Crippen molar-refractivity contribution in [3.8, 4) is 0 Å². The van der Waals surface area contributed by atoms with Crippen molar-refractivity contribution < 1.29 is 26.5 Å². The molecule has 0 bridgehead atoms. The van der Waals surface area contributed by atoms with Gasteiger partial charge in [0, 0.05) is 28.4 Å². The molecule has 50 valence electrons.